The highest BCUT2D eigenvalue weighted by Gasteiger charge is 2.26. The van der Waals surface area contributed by atoms with Gasteiger partial charge in [0, 0.05) is 18.0 Å². The lowest BCUT2D eigenvalue weighted by Crippen LogP contribution is -2.09. The lowest BCUT2D eigenvalue weighted by molar-refractivity contribution is 0.343. The Labute approximate surface area is 116 Å². The van der Waals surface area contributed by atoms with Crippen LogP contribution in [0.4, 0.5) is 0 Å². The molecule has 1 unspecified atom stereocenters. The van der Waals surface area contributed by atoms with E-state index in [9.17, 15) is 0 Å². The Bertz CT molecular complexity index is 431. The minimum Gasteiger partial charge on any atom is -0.495 e. The zero-order valence-corrected chi connectivity index (χ0v) is 12.5. The van der Waals surface area contributed by atoms with Crippen molar-refractivity contribution in [3.63, 3.8) is 0 Å². The van der Waals surface area contributed by atoms with E-state index in [-0.39, 0.29) is 0 Å². The zero-order chi connectivity index (χ0) is 13.1. The van der Waals surface area contributed by atoms with Crippen LogP contribution >= 0.6 is 15.9 Å². The van der Waals surface area contributed by atoms with Gasteiger partial charge >= 0.3 is 0 Å². The van der Waals surface area contributed by atoms with Gasteiger partial charge in [0.15, 0.2) is 11.5 Å². The number of hydrogen-bond donors (Lipinski definition) is 1. The van der Waals surface area contributed by atoms with Crippen LogP contribution in [0.2, 0.25) is 0 Å². The van der Waals surface area contributed by atoms with E-state index in [2.05, 4.69) is 21.2 Å². The van der Waals surface area contributed by atoms with Crippen molar-refractivity contribution in [2.24, 2.45) is 0 Å². The molecule has 100 valence electrons. The Morgan fingerprint density at radius 3 is 2.39 bits per heavy atom. The predicted octanol–water partition coefficient (Wildman–Crippen LogP) is 2.55. The topological polar surface area (TPSA) is 39.7 Å². The van der Waals surface area contributed by atoms with Crippen LogP contribution in [0.1, 0.15) is 17.9 Å². The third kappa shape index (κ3) is 2.29. The van der Waals surface area contributed by atoms with E-state index in [1.807, 2.05) is 6.07 Å². The van der Waals surface area contributed by atoms with Crippen molar-refractivity contribution in [2.75, 3.05) is 34.4 Å². The zero-order valence-electron chi connectivity index (χ0n) is 10.9. The molecule has 1 aromatic carbocycles. The van der Waals surface area contributed by atoms with Crippen molar-refractivity contribution in [3.05, 3.63) is 16.1 Å². The fourth-order valence-corrected chi connectivity index (χ4v) is 3.13. The molecule has 0 radical (unpaired) electrons. The van der Waals surface area contributed by atoms with Crippen LogP contribution in [-0.4, -0.2) is 34.4 Å². The molecule has 2 rings (SSSR count). The summed E-state index contributed by atoms with van der Waals surface area (Å²) in [4.78, 5) is 0. The molecule has 1 heterocycles. The Morgan fingerprint density at radius 2 is 1.89 bits per heavy atom. The molecule has 1 N–H and O–H groups in total. The Balaban J connectivity index is 2.53. The average Bonchev–Trinajstić information content (AvgIpc) is 2.91. The maximum absolute atomic E-state index is 5.52. The minimum absolute atomic E-state index is 0.455. The normalized spacial score (nSPS) is 18.8. The van der Waals surface area contributed by atoms with Gasteiger partial charge in [0.25, 0.3) is 0 Å². The van der Waals surface area contributed by atoms with Crippen LogP contribution in [0.25, 0.3) is 0 Å². The second-order valence-electron chi connectivity index (χ2n) is 4.24. The van der Waals surface area contributed by atoms with Crippen molar-refractivity contribution < 1.29 is 14.2 Å². The Kier molecular flexibility index (Phi) is 4.35. The second-order valence-corrected chi connectivity index (χ2v) is 5.03. The van der Waals surface area contributed by atoms with Crippen LogP contribution < -0.4 is 19.5 Å². The highest BCUT2D eigenvalue weighted by Crippen LogP contribution is 2.47. The molecule has 0 spiro atoms. The number of nitrogens with one attached hydrogen (secondary N) is 1. The summed E-state index contributed by atoms with van der Waals surface area (Å²) in [5, 5.41) is 3.36. The van der Waals surface area contributed by atoms with Gasteiger partial charge in [-0.05, 0) is 35.0 Å². The summed E-state index contributed by atoms with van der Waals surface area (Å²) in [5.74, 6) is 2.69. The third-order valence-electron chi connectivity index (χ3n) is 3.30. The lowest BCUT2D eigenvalue weighted by Gasteiger charge is -2.19. The molecule has 0 aliphatic carbocycles. The molecule has 1 aromatic rings. The first-order valence-corrected chi connectivity index (χ1v) is 6.71. The van der Waals surface area contributed by atoms with Gasteiger partial charge in [-0.2, -0.15) is 0 Å². The van der Waals surface area contributed by atoms with E-state index in [4.69, 9.17) is 14.2 Å². The number of ether oxygens (including phenoxy) is 3. The summed E-state index contributed by atoms with van der Waals surface area (Å²) >= 11 is 3.54. The average molecular weight is 316 g/mol. The SMILES string of the molecule is COc1cc(C2CCNC2)c(OC)c(Br)c1OC. The van der Waals surface area contributed by atoms with E-state index in [0.29, 0.717) is 11.7 Å². The van der Waals surface area contributed by atoms with Gasteiger partial charge in [0.05, 0.1) is 21.3 Å². The fraction of sp³-hybridized carbons (Fsp3) is 0.538. The van der Waals surface area contributed by atoms with Gasteiger partial charge in [0.1, 0.15) is 10.2 Å². The van der Waals surface area contributed by atoms with Gasteiger partial charge in [-0.25, -0.2) is 0 Å². The molecule has 0 amide bonds. The summed E-state index contributed by atoms with van der Waals surface area (Å²) in [5.41, 5.74) is 1.16. The molecule has 1 saturated heterocycles. The molecular weight excluding hydrogens is 298 g/mol. The van der Waals surface area contributed by atoms with Gasteiger partial charge < -0.3 is 19.5 Å². The van der Waals surface area contributed by atoms with Crippen molar-refractivity contribution in [2.45, 2.75) is 12.3 Å². The van der Waals surface area contributed by atoms with Gasteiger partial charge in [-0.1, -0.05) is 0 Å². The van der Waals surface area contributed by atoms with Gasteiger partial charge in [-0.15, -0.1) is 0 Å². The lowest BCUT2D eigenvalue weighted by atomic mass is 9.97. The van der Waals surface area contributed by atoms with Crippen LogP contribution in [0.3, 0.4) is 0 Å². The van der Waals surface area contributed by atoms with E-state index < -0.39 is 0 Å². The van der Waals surface area contributed by atoms with Crippen molar-refractivity contribution in [1.29, 1.82) is 0 Å². The molecule has 0 aromatic heterocycles. The summed E-state index contributed by atoms with van der Waals surface area (Å²) in [7, 11) is 4.95. The third-order valence-corrected chi connectivity index (χ3v) is 4.02. The smallest absolute Gasteiger partial charge is 0.178 e. The molecular formula is C13H18BrNO3. The van der Waals surface area contributed by atoms with Crippen molar-refractivity contribution in [3.8, 4) is 17.2 Å². The highest BCUT2D eigenvalue weighted by atomic mass is 79.9. The quantitative estimate of drug-likeness (QED) is 0.927. The van der Waals surface area contributed by atoms with E-state index >= 15 is 0 Å². The van der Waals surface area contributed by atoms with Gasteiger partial charge in [-0.3, -0.25) is 0 Å². The minimum atomic E-state index is 0.455. The summed E-state index contributed by atoms with van der Waals surface area (Å²) in [6.45, 7) is 2.01. The largest absolute Gasteiger partial charge is 0.495 e. The summed E-state index contributed by atoms with van der Waals surface area (Å²) in [6.07, 6.45) is 1.11. The van der Waals surface area contributed by atoms with Crippen molar-refractivity contribution in [1.82, 2.24) is 5.32 Å². The van der Waals surface area contributed by atoms with Crippen LogP contribution in [0.15, 0.2) is 10.5 Å². The number of benzene rings is 1. The summed E-state index contributed by atoms with van der Waals surface area (Å²) in [6, 6.07) is 2.01. The monoisotopic (exact) mass is 315 g/mol. The molecule has 18 heavy (non-hydrogen) atoms. The molecule has 1 atom stereocenters. The molecule has 1 aliphatic heterocycles. The maximum atomic E-state index is 5.52. The van der Waals surface area contributed by atoms with Crippen molar-refractivity contribution >= 4 is 15.9 Å². The number of hydrogen-bond acceptors (Lipinski definition) is 4. The molecule has 4 nitrogen and oxygen atoms in total. The first-order chi connectivity index (χ1) is 8.72. The molecule has 0 bridgehead atoms. The number of rotatable bonds is 4. The Hall–Kier alpha value is -0.940. The highest BCUT2D eigenvalue weighted by molar-refractivity contribution is 9.10. The standard InChI is InChI=1S/C13H18BrNO3/c1-16-10-6-9(8-4-5-15-7-8)12(17-2)11(14)13(10)18-3/h6,8,15H,4-5,7H2,1-3H3. The molecule has 1 fully saturated rings. The maximum Gasteiger partial charge on any atom is 0.178 e. The Morgan fingerprint density at radius 1 is 1.17 bits per heavy atom. The first kappa shape index (κ1) is 13.5. The molecule has 0 saturated carbocycles. The van der Waals surface area contributed by atoms with Crippen LogP contribution in [-0.2, 0) is 0 Å². The van der Waals surface area contributed by atoms with Crippen LogP contribution in [0, 0.1) is 0 Å². The fourth-order valence-electron chi connectivity index (χ4n) is 2.38. The molecule has 1 aliphatic rings. The summed E-state index contributed by atoms with van der Waals surface area (Å²) < 4.78 is 17.1. The van der Waals surface area contributed by atoms with E-state index in [1.54, 1.807) is 21.3 Å². The predicted molar refractivity (Wildman–Crippen MR) is 74.0 cm³/mol. The van der Waals surface area contributed by atoms with Crippen LogP contribution in [0.5, 0.6) is 17.2 Å². The van der Waals surface area contributed by atoms with E-state index in [1.165, 1.54) is 0 Å². The van der Waals surface area contributed by atoms with Gasteiger partial charge in [0.2, 0.25) is 0 Å². The number of halogens is 1. The van der Waals surface area contributed by atoms with E-state index in [0.717, 1.165) is 41.0 Å². The second kappa shape index (κ2) is 5.80. The number of methoxy groups -OCH3 is 3. The first-order valence-electron chi connectivity index (χ1n) is 5.92. The molecule has 5 heteroatoms.